The van der Waals surface area contributed by atoms with E-state index >= 15 is 0 Å². The summed E-state index contributed by atoms with van der Waals surface area (Å²) in [5, 5.41) is 10.7. The van der Waals surface area contributed by atoms with Crippen molar-refractivity contribution in [1.29, 1.82) is 0 Å². The summed E-state index contributed by atoms with van der Waals surface area (Å²) in [5.41, 5.74) is 2.69. The fraction of sp³-hybridized carbons (Fsp3) is 0.458. The Morgan fingerprint density at radius 2 is 1.97 bits per heavy atom. The molecule has 0 spiro atoms. The number of aryl methyl sites for hydroxylation is 1. The van der Waals surface area contributed by atoms with Crippen LogP contribution >= 0.6 is 23.1 Å². The van der Waals surface area contributed by atoms with Crippen LogP contribution in [0.1, 0.15) is 50.1 Å². The van der Waals surface area contributed by atoms with Gasteiger partial charge >= 0.3 is 0 Å². The fourth-order valence-electron chi connectivity index (χ4n) is 4.66. The van der Waals surface area contributed by atoms with Crippen LogP contribution in [-0.4, -0.2) is 24.9 Å². The minimum atomic E-state index is 0.0681. The zero-order chi connectivity index (χ0) is 21.8. The molecule has 0 saturated heterocycles. The second-order valence-corrected chi connectivity index (χ2v) is 11.7. The van der Waals surface area contributed by atoms with E-state index in [-0.39, 0.29) is 11.0 Å². The molecule has 1 atom stereocenters. The molecule has 0 bridgehead atoms. The van der Waals surface area contributed by atoms with Gasteiger partial charge in [-0.15, -0.1) is 21.5 Å². The Bertz CT molecular complexity index is 1310. The lowest BCUT2D eigenvalue weighted by Crippen LogP contribution is -2.27. The van der Waals surface area contributed by atoms with Crippen molar-refractivity contribution < 1.29 is 0 Å². The molecule has 0 fully saturated rings. The van der Waals surface area contributed by atoms with E-state index in [9.17, 15) is 4.79 Å². The van der Waals surface area contributed by atoms with Gasteiger partial charge in [0.2, 0.25) is 5.78 Å². The van der Waals surface area contributed by atoms with Crippen molar-refractivity contribution in [3.8, 4) is 0 Å². The highest BCUT2D eigenvalue weighted by Crippen LogP contribution is 2.43. The van der Waals surface area contributed by atoms with E-state index in [0.717, 1.165) is 46.0 Å². The van der Waals surface area contributed by atoms with E-state index in [1.54, 1.807) is 23.1 Å². The summed E-state index contributed by atoms with van der Waals surface area (Å²) in [5.74, 6) is 2.20. The van der Waals surface area contributed by atoms with Crippen LogP contribution in [0, 0.1) is 11.3 Å². The van der Waals surface area contributed by atoms with Gasteiger partial charge < -0.3 is 0 Å². The van der Waals surface area contributed by atoms with Gasteiger partial charge in [0.05, 0.1) is 11.9 Å². The van der Waals surface area contributed by atoms with Crippen LogP contribution in [0.15, 0.2) is 40.3 Å². The molecule has 1 aromatic carbocycles. The van der Waals surface area contributed by atoms with Crippen LogP contribution in [-0.2, 0) is 19.4 Å². The fourth-order valence-corrected chi connectivity index (χ4v) is 6.79. The molecular formula is C24H28N4OS2. The SMILES string of the molecule is CCSc1nnc2n(Cc3ccccc3)c(=O)c3c4c(sc3n12)C[C@H](C(C)(C)C)CC4. The predicted molar refractivity (Wildman–Crippen MR) is 130 cm³/mol. The van der Waals surface area contributed by atoms with Crippen molar-refractivity contribution in [2.24, 2.45) is 11.3 Å². The van der Waals surface area contributed by atoms with E-state index in [4.69, 9.17) is 0 Å². The number of rotatable bonds is 4. The number of hydrogen-bond acceptors (Lipinski definition) is 5. The second-order valence-electron chi connectivity index (χ2n) is 9.42. The van der Waals surface area contributed by atoms with Gasteiger partial charge in [-0.25, -0.2) is 4.40 Å². The number of thioether (sulfide) groups is 1. The van der Waals surface area contributed by atoms with Gasteiger partial charge in [-0.2, -0.15) is 0 Å². The zero-order valence-corrected chi connectivity index (χ0v) is 20.1. The normalized spacial score (nSPS) is 16.8. The molecule has 7 heteroatoms. The van der Waals surface area contributed by atoms with E-state index in [0.29, 0.717) is 18.2 Å². The number of nitrogens with zero attached hydrogens (tertiary/aromatic N) is 4. The Hall–Kier alpha value is -2.12. The van der Waals surface area contributed by atoms with E-state index in [1.807, 2.05) is 22.8 Å². The maximum atomic E-state index is 13.8. The number of benzene rings is 1. The molecule has 0 unspecified atom stereocenters. The Morgan fingerprint density at radius 1 is 1.19 bits per heavy atom. The first-order chi connectivity index (χ1) is 14.9. The molecule has 0 radical (unpaired) electrons. The number of fused-ring (bicyclic) bond motifs is 5. The summed E-state index contributed by atoms with van der Waals surface area (Å²) in [6.07, 6.45) is 3.16. The largest absolute Gasteiger partial charge is 0.272 e. The van der Waals surface area contributed by atoms with Crippen molar-refractivity contribution in [2.75, 3.05) is 5.75 Å². The quantitative estimate of drug-likeness (QED) is 0.388. The third-order valence-electron chi connectivity index (χ3n) is 6.45. The molecule has 4 aromatic rings. The molecule has 0 saturated carbocycles. The highest BCUT2D eigenvalue weighted by molar-refractivity contribution is 7.99. The third kappa shape index (κ3) is 3.52. The van der Waals surface area contributed by atoms with Crippen molar-refractivity contribution in [3.05, 3.63) is 56.7 Å². The molecular weight excluding hydrogens is 424 g/mol. The summed E-state index contributed by atoms with van der Waals surface area (Å²) in [6.45, 7) is 9.62. The minimum absolute atomic E-state index is 0.0681. The lowest BCUT2D eigenvalue weighted by molar-refractivity contribution is 0.218. The Labute approximate surface area is 190 Å². The highest BCUT2D eigenvalue weighted by Gasteiger charge is 2.32. The topological polar surface area (TPSA) is 52.2 Å². The number of aromatic nitrogens is 4. The van der Waals surface area contributed by atoms with Gasteiger partial charge in [0, 0.05) is 4.88 Å². The lowest BCUT2D eigenvalue weighted by atomic mass is 9.72. The van der Waals surface area contributed by atoms with Crippen molar-refractivity contribution >= 4 is 39.1 Å². The molecule has 31 heavy (non-hydrogen) atoms. The van der Waals surface area contributed by atoms with E-state index in [2.05, 4.69) is 54.4 Å². The van der Waals surface area contributed by atoms with E-state index in [1.165, 1.54) is 10.4 Å². The van der Waals surface area contributed by atoms with Crippen LogP contribution in [0.2, 0.25) is 0 Å². The molecule has 5 nitrogen and oxygen atoms in total. The summed E-state index contributed by atoms with van der Waals surface area (Å²) < 4.78 is 3.94. The van der Waals surface area contributed by atoms with Crippen molar-refractivity contribution in [2.45, 2.75) is 58.7 Å². The summed E-state index contributed by atoms with van der Waals surface area (Å²) >= 11 is 3.46. The molecule has 162 valence electrons. The van der Waals surface area contributed by atoms with E-state index < -0.39 is 0 Å². The van der Waals surface area contributed by atoms with Gasteiger partial charge in [0.1, 0.15) is 4.83 Å². The van der Waals surface area contributed by atoms with Gasteiger partial charge in [0.15, 0.2) is 5.16 Å². The maximum absolute atomic E-state index is 13.8. The molecule has 3 heterocycles. The first-order valence-electron chi connectivity index (χ1n) is 11.0. The van der Waals surface area contributed by atoms with Crippen molar-refractivity contribution in [3.63, 3.8) is 0 Å². The molecule has 0 aliphatic heterocycles. The van der Waals surface area contributed by atoms with Gasteiger partial charge in [-0.05, 0) is 47.5 Å². The smallest absolute Gasteiger partial charge is 0.264 e. The standard InChI is InChI=1S/C24H28N4OS2/c1-5-30-23-26-25-22-27(14-15-9-7-6-8-10-15)20(29)19-17-12-11-16(24(2,3)4)13-18(17)31-21(19)28(22)23/h6-10,16H,5,11-14H2,1-4H3/t16-/m1/s1. The van der Waals surface area contributed by atoms with Crippen LogP contribution in [0.4, 0.5) is 0 Å². The minimum Gasteiger partial charge on any atom is -0.272 e. The average molecular weight is 453 g/mol. The van der Waals surface area contributed by atoms with Crippen molar-refractivity contribution in [1.82, 2.24) is 19.2 Å². The lowest BCUT2D eigenvalue weighted by Gasteiger charge is -2.33. The monoisotopic (exact) mass is 452 g/mol. The first kappa shape index (κ1) is 20.8. The maximum Gasteiger partial charge on any atom is 0.264 e. The molecule has 1 aliphatic rings. The highest BCUT2D eigenvalue weighted by atomic mass is 32.2. The van der Waals surface area contributed by atoms with Crippen LogP contribution in [0.5, 0.6) is 0 Å². The van der Waals surface area contributed by atoms with Gasteiger partial charge in [-0.3, -0.25) is 9.36 Å². The van der Waals surface area contributed by atoms with Crippen LogP contribution in [0.25, 0.3) is 16.0 Å². The zero-order valence-electron chi connectivity index (χ0n) is 18.5. The third-order valence-corrected chi connectivity index (χ3v) is 8.50. The predicted octanol–water partition coefficient (Wildman–Crippen LogP) is 5.42. The Balaban J connectivity index is 1.76. The van der Waals surface area contributed by atoms with Gasteiger partial charge in [0.25, 0.3) is 5.56 Å². The number of hydrogen-bond donors (Lipinski definition) is 0. The summed E-state index contributed by atoms with van der Waals surface area (Å²) in [4.78, 5) is 16.2. The Morgan fingerprint density at radius 3 is 2.68 bits per heavy atom. The molecule has 1 aliphatic carbocycles. The molecule has 5 rings (SSSR count). The second kappa shape index (κ2) is 7.78. The van der Waals surface area contributed by atoms with Crippen LogP contribution in [0.3, 0.4) is 0 Å². The molecule has 0 amide bonds. The summed E-state index contributed by atoms with van der Waals surface area (Å²) in [6, 6.07) is 10.1. The Kier molecular flexibility index (Phi) is 5.21. The molecule has 0 N–H and O–H groups in total. The van der Waals surface area contributed by atoms with Gasteiger partial charge in [-0.1, -0.05) is 69.8 Å². The first-order valence-corrected chi connectivity index (χ1v) is 12.8. The molecule has 3 aromatic heterocycles. The summed E-state index contributed by atoms with van der Waals surface area (Å²) in [7, 11) is 0. The number of thiophene rings is 1. The average Bonchev–Trinajstić information content (AvgIpc) is 3.32. The van der Waals surface area contributed by atoms with Crippen LogP contribution < -0.4 is 5.56 Å².